The fourth-order valence-corrected chi connectivity index (χ4v) is 2.91. The van der Waals surface area contributed by atoms with E-state index in [9.17, 15) is 9.90 Å². The van der Waals surface area contributed by atoms with E-state index < -0.39 is 0 Å². The van der Waals surface area contributed by atoms with Crippen molar-refractivity contribution in [3.05, 3.63) is 23.7 Å². The Balaban J connectivity index is 1.91. The van der Waals surface area contributed by atoms with Gasteiger partial charge in [-0.25, -0.2) is 0 Å². The van der Waals surface area contributed by atoms with Crippen LogP contribution in [0.25, 0.3) is 0 Å². The van der Waals surface area contributed by atoms with Crippen molar-refractivity contribution in [2.75, 3.05) is 6.26 Å². The molecule has 1 aromatic rings. The number of carbonyl (C=O) groups excluding carboxylic acids is 1. The summed E-state index contributed by atoms with van der Waals surface area (Å²) in [6.07, 6.45) is 4.26. The van der Waals surface area contributed by atoms with Gasteiger partial charge in [-0.2, -0.15) is 11.8 Å². The molecule has 19 heavy (non-hydrogen) atoms. The number of carbonyl (C=O) groups is 1. The Hall–Kier alpha value is -0.940. The summed E-state index contributed by atoms with van der Waals surface area (Å²) < 4.78 is 5.50. The summed E-state index contributed by atoms with van der Waals surface area (Å²) in [4.78, 5) is 12.1. The maximum absolute atomic E-state index is 12.1. The van der Waals surface area contributed by atoms with Gasteiger partial charge in [0.25, 0.3) is 5.91 Å². The van der Waals surface area contributed by atoms with Crippen LogP contribution in [0, 0.1) is 5.92 Å². The molecule has 1 heterocycles. The van der Waals surface area contributed by atoms with Gasteiger partial charge in [0.05, 0.1) is 11.9 Å². The number of aliphatic hydroxyl groups is 1. The quantitative estimate of drug-likeness (QED) is 0.841. The highest BCUT2D eigenvalue weighted by atomic mass is 32.2. The van der Waals surface area contributed by atoms with Crippen LogP contribution in [0.15, 0.2) is 16.5 Å². The number of furan rings is 1. The van der Waals surface area contributed by atoms with Crippen molar-refractivity contribution >= 4 is 17.7 Å². The lowest BCUT2D eigenvalue weighted by Crippen LogP contribution is -2.46. The van der Waals surface area contributed by atoms with Crippen molar-refractivity contribution in [2.45, 2.75) is 44.1 Å². The van der Waals surface area contributed by atoms with E-state index >= 15 is 0 Å². The molecule has 1 amide bonds. The topological polar surface area (TPSA) is 62.5 Å². The molecule has 4 nitrogen and oxygen atoms in total. The Morgan fingerprint density at radius 1 is 1.58 bits per heavy atom. The van der Waals surface area contributed by atoms with Crippen LogP contribution in [0.2, 0.25) is 0 Å². The van der Waals surface area contributed by atoms with Gasteiger partial charge in [0.2, 0.25) is 0 Å². The van der Waals surface area contributed by atoms with E-state index in [4.69, 9.17) is 4.42 Å². The summed E-state index contributed by atoms with van der Waals surface area (Å²) in [6.45, 7) is 2.05. The summed E-state index contributed by atoms with van der Waals surface area (Å²) in [5, 5.41) is 12.4. The summed E-state index contributed by atoms with van der Waals surface area (Å²) in [5.41, 5.74) is 0. The Bertz CT molecular complexity index is 426. The molecule has 1 fully saturated rings. The van der Waals surface area contributed by atoms with Gasteiger partial charge in [0.15, 0.2) is 5.76 Å². The van der Waals surface area contributed by atoms with E-state index in [0.29, 0.717) is 11.7 Å². The van der Waals surface area contributed by atoms with Crippen LogP contribution in [-0.2, 0) is 5.75 Å². The number of rotatable bonds is 6. The van der Waals surface area contributed by atoms with E-state index in [1.807, 2.05) is 12.3 Å². The second-order valence-corrected chi connectivity index (χ2v) is 5.94. The molecule has 1 aromatic heterocycles. The summed E-state index contributed by atoms with van der Waals surface area (Å²) in [7, 11) is 0. The van der Waals surface area contributed by atoms with Crippen molar-refractivity contribution in [3.8, 4) is 0 Å². The second kappa shape index (κ2) is 6.48. The molecule has 5 heteroatoms. The van der Waals surface area contributed by atoms with Crippen molar-refractivity contribution in [3.63, 3.8) is 0 Å². The maximum Gasteiger partial charge on any atom is 0.287 e. The highest BCUT2D eigenvalue weighted by molar-refractivity contribution is 7.97. The molecule has 1 aliphatic rings. The van der Waals surface area contributed by atoms with Crippen LogP contribution < -0.4 is 5.32 Å². The number of nitrogens with one attached hydrogen (secondary N) is 1. The lowest BCUT2D eigenvalue weighted by Gasteiger charge is -2.37. The van der Waals surface area contributed by atoms with Gasteiger partial charge in [-0.3, -0.25) is 4.79 Å². The van der Waals surface area contributed by atoms with Crippen LogP contribution in [0.1, 0.15) is 42.5 Å². The number of hydrogen-bond donors (Lipinski definition) is 2. The van der Waals surface area contributed by atoms with Crippen LogP contribution in [0.4, 0.5) is 0 Å². The summed E-state index contributed by atoms with van der Waals surface area (Å²) in [6, 6.07) is 3.70. The first kappa shape index (κ1) is 14.5. The van der Waals surface area contributed by atoms with Crippen LogP contribution in [-0.4, -0.2) is 29.4 Å². The summed E-state index contributed by atoms with van der Waals surface area (Å²) >= 11 is 1.66. The SMILES string of the molecule is CCC(NC(=O)c1ccc(CSC)o1)C1CC(O)C1. The zero-order chi connectivity index (χ0) is 13.8. The molecule has 0 spiro atoms. The minimum Gasteiger partial charge on any atom is -0.455 e. The Morgan fingerprint density at radius 2 is 2.32 bits per heavy atom. The first-order valence-corrected chi connectivity index (χ1v) is 8.10. The van der Waals surface area contributed by atoms with E-state index in [-0.39, 0.29) is 18.1 Å². The van der Waals surface area contributed by atoms with E-state index in [1.165, 1.54) is 0 Å². The minimum absolute atomic E-state index is 0.130. The third kappa shape index (κ3) is 3.54. The molecule has 0 aliphatic heterocycles. The number of amides is 1. The van der Waals surface area contributed by atoms with Gasteiger partial charge >= 0.3 is 0 Å². The molecule has 106 valence electrons. The second-order valence-electron chi connectivity index (χ2n) is 5.07. The summed E-state index contributed by atoms with van der Waals surface area (Å²) in [5.74, 6) is 2.22. The standard InChI is InChI=1S/C14H21NO3S/c1-3-12(9-6-10(16)7-9)15-14(17)13-5-4-11(18-13)8-19-2/h4-5,9-10,12,16H,3,6-8H2,1-2H3,(H,15,17). The first-order valence-electron chi connectivity index (χ1n) is 6.70. The molecule has 2 N–H and O–H groups in total. The normalized spacial score (nSPS) is 23.7. The fraction of sp³-hybridized carbons (Fsp3) is 0.643. The lowest BCUT2D eigenvalue weighted by atomic mass is 9.76. The Labute approximate surface area is 117 Å². The van der Waals surface area contributed by atoms with Gasteiger partial charge < -0.3 is 14.8 Å². The maximum atomic E-state index is 12.1. The molecule has 0 bridgehead atoms. The zero-order valence-electron chi connectivity index (χ0n) is 11.4. The highest BCUT2D eigenvalue weighted by Crippen LogP contribution is 2.31. The van der Waals surface area contributed by atoms with Crippen molar-refractivity contribution in [1.29, 1.82) is 0 Å². The number of hydrogen-bond acceptors (Lipinski definition) is 4. The average molecular weight is 283 g/mol. The van der Waals surface area contributed by atoms with Gasteiger partial charge in [-0.05, 0) is 43.6 Å². The minimum atomic E-state index is -0.187. The predicted molar refractivity (Wildman–Crippen MR) is 76.2 cm³/mol. The monoisotopic (exact) mass is 283 g/mol. The number of thioether (sulfide) groups is 1. The van der Waals surface area contributed by atoms with Crippen LogP contribution in [0.3, 0.4) is 0 Å². The van der Waals surface area contributed by atoms with Crippen molar-refractivity contribution < 1.29 is 14.3 Å². The third-order valence-corrected chi connectivity index (χ3v) is 4.22. The molecule has 1 saturated carbocycles. The molecule has 2 rings (SSSR count). The lowest BCUT2D eigenvalue weighted by molar-refractivity contribution is 0.0229. The van der Waals surface area contributed by atoms with Crippen molar-refractivity contribution in [2.24, 2.45) is 5.92 Å². The molecular formula is C14H21NO3S. The highest BCUT2D eigenvalue weighted by Gasteiger charge is 2.34. The zero-order valence-corrected chi connectivity index (χ0v) is 12.2. The molecule has 0 radical (unpaired) electrons. The van der Waals surface area contributed by atoms with E-state index in [2.05, 4.69) is 12.2 Å². The molecule has 1 unspecified atom stereocenters. The smallest absolute Gasteiger partial charge is 0.287 e. The van der Waals surface area contributed by atoms with Gasteiger partial charge in [0.1, 0.15) is 5.76 Å². The first-order chi connectivity index (χ1) is 9.13. The van der Waals surface area contributed by atoms with Crippen molar-refractivity contribution in [1.82, 2.24) is 5.32 Å². The molecular weight excluding hydrogens is 262 g/mol. The molecule has 1 aliphatic carbocycles. The van der Waals surface area contributed by atoms with Gasteiger partial charge in [-0.15, -0.1) is 0 Å². The van der Waals surface area contributed by atoms with Gasteiger partial charge in [0, 0.05) is 6.04 Å². The Morgan fingerprint density at radius 3 is 2.89 bits per heavy atom. The Kier molecular flexibility index (Phi) is 4.93. The molecule has 0 saturated heterocycles. The van der Waals surface area contributed by atoms with Gasteiger partial charge in [-0.1, -0.05) is 6.92 Å². The molecule has 1 atom stereocenters. The van der Waals surface area contributed by atoms with E-state index in [1.54, 1.807) is 17.8 Å². The predicted octanol–water partition coefficient (Wildman–Crippen LogP) is 2.42. The van der Waals surface area contributed by atoms with E-state index in [0.717, 1.165) is 30.8 Å². The third-order valence-electron chi connectivity index (χ3n) is 3.65. The number of aliphatic hydroxyl groups excluding tert-OH is 1. The van der Waals surface area contributed by atoms with Crippen LogP contribution in [0.5, 0.6) is 0 Å². The van der Waals surface area contributed by atoms with Crippen LogP contribution >= 0.6 is 11.8 Å². The fourth-order valence-electron chi connectivity index (χ4n) is 2.47. The average Bonchev–Trinajstić information content (AvgIpc) is 2.81. The largest absolute Gasteiger partial charge is 0.455 e. The molecule has 0 aromatic carbocycles.